The van der Waals surface area contributed by atoms with Gasteiger partial charge in [-0.15, -0.1) is 0 Å². The Morgan fingerprint density at radius 3 is 2.81 bits per heavy atom. The fourth-order valence-electron chi connectivity index (χ4n) is 2.60. The molecule has 0 saturated heterocycles. The first-order valence-electron chi connectivity index (χ1n) is 5.69. The van der Waals surface area contributed by atoms with E-state index in [9.17, 15) is 5.11 Å². The highest BCUT2D eigenvalue weighted by Crippen LogP contribution is 2.43. The Morgan fingerprint density at radius 1 is 1.12 bits per heavy atom. The quantitative estimate of drug-likeness (QED) is 0.755. The first-order chi connectivity index (χ1) is 7.92. The summed E-state index contributed by atoms with van der Waals surface area (Å²) in [6, 6.07) is 8.36. The van der Waals surface area contributed by atoms with Gasteiger partial charge < -0.3 is 5.11 Å². The van der Waals surface area contributed by atoms with Crippen LogP contribution < -0.4 is 0 Å². The molecule has 0 aliphatic heterocycles. The number of allylic oxidation sites excluding steroid dienone is 5. The van der Waals surface area contributed by atoms with Gasteiger partial charge in [-0.3, -0.25) is 0 Å². The summed E-state index contributed by atoms with van der Waals surface area (Å²) < 4.78 is 0. The van der Waals surface area contributed by atoms with Crippen LogP contribution >= 0.6 is 0 Å². The summed E-state index contributed by atoms with van der Waals surface area (Å²) in [5, 5.41) is 9.55. The van der Waals surface area contributed by atoms with Gasteiger partial charge in [0.2, 0.25) is 0 Å². The highest BCUT2D eigenvalue weighted by Gasteiger charge is 2.27. The number of fused-ring (bicyclic) bond motifs is 2. The van der Waals surface area contributed by atoms with Crippen LogP contribution in [0.3, 0.4) is 0 Å². The molecule has 2 aliphatic rings. The largest absolute Gasteiger partial charge is 0.395 e. The first kappa shape index (κ1) is 9.61. The highest BCUT2D eigenvalue weighted by molar-refractivity contribution is 5.86. The van der Waals surface area contributed by atoms with E-state index < -0.39 is 0 Å². The van der Waals surface area contributed by atoms with Gasteiger partial charge in [0.1, 0.15) is 0 Å². The second-order valence-electron chi connectivity index (χ2n) is 4.23. The molecule has 0 aromatic heterocycles. The van der Waals surface area contributed by atoms with Crippen LogP contribution in [0.2, 0.25) is 0 Å². The Morgan fingerprint density at radius 2 is 1.94 bits per heavy atom. The normalized spacial score (nSPS) is 21.9. The topological polar surface area (TPSA) is 20.2 Å². The van der Waals surface area contributed by atoms with Crippen molar-refractivity contribution in [2.45, 2.75) is 12.3 Å². The molecule has 3 rings (SSSR count). The molecule has 16 heavy (non-hydrogen) atoms. The molecule has 0 spiro atoms. The van der Waals surface area contributed by atoms with Gasteiger partial charge in [-0.1, -0.05) is 48.6 Å². The maximum atomic E-state index is 9.55. The lowest BCUT2D eigenvalue weighted by atomic mass is 9.96. The lowest BCUT2D eigenvalue weighted by Gasteiger charge is -2.10. The predicted octanol–water partition coefficient (Wildman–Crippen LogP) is 3.05. The van der Waals surface area contributed by atoms with Gasteiger partial charge in [0.25, 0.3) is 0 Å². The molecule has 1 aromatic rings. The summed E-state index contributed by atoms with van der Waals surface area (Å²) in [7, 11) is 0. The third-order valence-electron chi connectivity index (χ3n) is 3.35. The zero-order chi connectivity index (χ0) is 11.0. The number of hydrogen-bond donors (Lipinski definition) is 1. The van der Waals surface area contributed by atoms with Crippen LogP contribution in [0.5, 0.6) is 0 Å². The van der Waals surface area contributed by atoms with Crippen LogP contribution in [0.1, 0.15) is 23.5 Å². The molecule has 1 nitrogen and oxygen atoms in total. The van der Waals surface area contributed by atoms with E-state index in [4.69, 9.17) is 0 Å². The maximum Gasteiger partial charge on any atom is 0.0540 e. The van der Waals surface area contributed by atoms with E-state index in [1.54, 1.807) is 0 Å². The molecule has 0 fully saturated rings. The van der Waals surface area contributed by atoms with Crippen molar-refractivity contribution in [2.75, 3.05) is 6.61 Å². The summed E-state index contributed by atoms with van der Waals surface area (Å²) >= 11 is 0. The minimum Gasteiger partial charge on any atom is -0.395 e. The van der Waals surface area contributed by atoms with Gasteiger partial charge >= 0.3 is 0 Å². The van der Waals surface area contributed by atoms with E-state index in [1.807, 2.05) is 6.07 Å². The van der Waals surface area contributed by atoms with Gasteiger partial charge in [-0.05, 0) is 28.7 Å². The molecule has 0 amide bonds. The molecule has 1 N–H and O–H groups in total. The molecule has 1 heteroatoms. The van der Waals surface area contributed by atoms with Crippen LogP contribution in [-0.4, -0.2) is 11.7 Å². The monoisotopic (exact) mass is 210 g/mol. The zero-order valence-electron chi connectivity index (χ0n) is 9.06. The molecular formula is C15H14O. The molecule has 80 valence electrons. The summed E-state index contributed by atoms with van der Waals surface area (Å²) in [6.45, 7) is 0.189. The second-order valence-corrected chi connectivity index (χ2v) is 4.23. The van der Waals surface area contributed by atoms with Gasteiger partial charge in [-0.25, -0.2) is 0 Å². The maximum absolute atomic E-state index is 9.55. The third kappa shape index (κ3) is 1.29. The molecule has 1 aromatic carbocycles. The van der Waals surface area contributed by atoms with Crippen molar-refractivity contribution in [1.29, 1.82) is 0 Å². The Kier molecular flexibility index (Phi) is 2.26. The van der Waals surface area contributed by atoms with Gasteiger partial charge in [-0.2, -0.15) is 0 Å². The predicted molar refractivity (Wildman–Crippen MR) is 66.1 cm³/mol. The van der Waals surface area contributed by atoms with E-state index in [2.05, 4.69) is 42.5 Å². The van der Waals surface area contributed by atoms with Gasteiger partial charge in [0.05, 0.1) is 6.61 Å². The molecule has 1 unspecified atom stereocenters. The standard InChI is InChI=1S/C15H14O/c16-10-15-13-7-3-1-2-6-11(13)12-8-4-5-9-14(12)15/h2-9,15-16H,1,10H2. The number of aliphatic hydroxyl groups is 1. The zero-order valence-corrected chi connectivity index (χ0v) is 9.06. The highest BCUT2D eigenvalue weighted by atomic mass is 16.3. The van der Waals surface area contributed by atoms with Crippen LogP contribution in [0.15, 0.2) is 54.1 Å². The van der Waals surface area contributed by atoms with Crippen molar-refractivity contribution in [2.24, 2.45) is 0 Å². The molecule has 2 aliphatic carbocycles. The average molecular weight is 210 g/mol. The summed E-state index contributed by atoms with van der Waals surface area (Å²) in [5.41, 5.74) is 5.08. The minimum atomic E-state index is 0.158. The summed E-state index contributed by atoms with van der Waals surface area (Å²) in [5.74, 6) is 0.158. The van der Waals surface area contributed by atoms with Crippen molar-refractivity contribution in [3.63, 3.8) is 0 Å². The fraction of sp³-hybridized carbons (Fsp3) is 0.200. The SMILES string of the molecule is OCC1C2=C(C=CCC=C2)c2ccccc21. The Balaban J connectivity index is 2.23. The Bertz CT molecular complexity index is 506. The second kappa shape index (κ2) is 3.76. The third-order valence-corrected chi connectivity index (χ3v) is 3.35. The van der Waals surface area contributed by atoms with Crippen molar-refractivity contribution >= 4 is 5.57 Å². The smallest absolute Gasteiger partial charge is 0.0540 e. The van der Waals surface area contributed by atoms with Crippen molar-refractivity contribution < 1.29 is 5.11 Å². The molecule has 0 heterocycles. The van der Waals surface area contributed by atoms with Crippen LogP contribution in [0, 0.1) is 0 Å². The molecular weight excluding hydrogens is 196 g/mol. The number of hydrogen-bond acceptors (Lipinski definition) is 1. The number of benzene rings is 1. The molecule has 0 bridgehead atoms. The molecule has 1 atom stereocenters. The lowest BCUT2D eigenvalue weighted by Crippen LogP contribution is -2.02. The van der Waals surface area contributed by atoms with Crippen molar-refractivity contribution in [3.05, 3.63) is 65.3 Å². The molecule has 0 saturated carbocycles. The van der Waals surface area contributed by atoms with Crippen LogP contribution in [0.4, 0.5) is 0 Å². The first-order valence-corrected chi connectivity index (χ1v) is 5.69. The Labute approximate surface area is 95.4 Å². The number of aliphatic hydroxyl groups excluding tert-OH is 1. The minimum absolute atomic E-state index is 0.158. The van der Waals surface area contributed by atoms with E-state index in [-0.39, 0.29) is 12.5 Å². The van der Waals surface area contributed by atoms with Crippen molar-refractivity contribution in [1.82, 2.24) is 0 Å². The Hall–Kier alpha value is -1.60. The van der Waals surface area contributed by atoms with Crippen molar-refractivity contribution in [3.8, 4) is 0 Å². The number of rotatable bonds is 1. The van der Waals surface area contributed by atoms with E-state index in [0.29, 0.717) is 0 Å². The average Bonchev–Trinajstić information content (AvgIpc) is 2.49. The van der Waals surface area contributed by atoms with Gasteiger partial charge in [0, 0.05) is 5.92 Å². The van der Waals surface area contributed by atoms with Crippen LogP contribution in [-0.2, 0) is 0 Å². The van der Waals surface area contributed by atoms with E-state index in [0.717, 1.165) is 6.42 Å². The van der Waals surface area contributed by atoms with E-state index >= 15 is 0 Å². The van der Waals surface area contributed by atoms with E-state index in [1.165, 1.54) is 22.3 Å². The summed E-state index contributed by atoms with van der Waals surface area (Å²) in [6.07, 6.45) is 9.66. The van der Waals surface area contributed by atoms with Gasteiger partial charge in [0.15, 0.2) is 0 Å². The molecule has 0 radical (unpaired) electrons. The lowest BCUT2D eigenvalue weighted by molar-refractivity contribution is 0.281. The summed E-state index contributed by atoms with van der Waals surface area (Å²) in [4.78, 5) is 0. The fourth-order valence-corrected chi connectivity index (χ4v) is 2.60. The van der Waals surface area contributed by atoms with Crippen LogP contribution in [0.25, 0.3) is 5.57 Å².